The van der Waals surface area contributed by atoms with Crippen LogP contribution in [-0.4, -0.2) is 25.0 Å². The van der Waals surface area contributed by atoms with Gasteiger partial charge in [0.1, 0.15) is 0 Å². The third-order valence-electron chi connectivity index (χ3n) is 4.78. The summed E-state index contributed by atoms with van der Waals surface area (Å²) in [6, 6.07) is 0. The Morgan fingerprint density at radius 2 is 2.30 bits per heavy atom. The van der Waals surface area contributed by atoms with E-state index in [9.17, 15) is 0 Å². The summed E-state index contributed by atoms with van der Waals surface area (Å²) < 4.78 is 0. The fourth-order valence-corrected chi connectivity index (χ4v) is 3.76. The van der Waals surface area contributed by atoms with E-state index < -0.39 is 0 Å². The highest BCUT2D eigenvalue weighted by molar-refractivity contribution is 5.29. The number of fused-ring (bicyclic) bond motifs is 1. The van der Waals surface area contributed by atoms with Gasteiger partial charge in [-0.25, -0.2) is 0 Å². The number of nitrogens with zero attached hydrogens (tertiary/aromatic N) is 1. The quantitative estimate of drug-likeness (QED) is 0.527. The highest BCUT2D eigenvalue weighted by atomic mass is 15.1. The summed E-state index contributed by atoms with van der Waals surface area (Å²) in [6.45, 7) is 11.1. The molecule has 0 N–H and O–H groups in total. The van der Waals surface area contributed by atoms with Gasteiger partial charge in [-0.05, 0) is 45.6 Å². The molecule has 2 rings (SSSR count). The van der Waals surface area contributed by atoms with Gasteiger partial charge < -0.3 is 4.90 Å². The third kappa shape index (κ3) is 3.52. The third-order valence-corrected chi connectivity index (χ3v) is 4.78. The summed E-state index contributed by atoms with van der Waals surface area (Å²) in [4.78, 5) is 2.50. The largest absolute Gasteiger partial charge is 0.305 e. The molecule has 20 heavy (non-hydrogen) atoms. The van der Waals surface area contributed by atoms with Crippen LogP contribution in [0, 0.1) is 11.3 Å². The minimum absolute atomic E-state index is 0.358. The molecule has 1 aliphatic carbocycles. The number of allylic oxidation sites excluding steroid dienone is 6. The van der Waals surface area contributed by atoms with Crippen LogP contribution in [0.5, 0.6) is 0 Å². The Bertz CT molecular complexity index is 441. The van der Waals surface area contributed by atoms with Crippen LogP contribution in [0.3, 0.4) is 0 Å². The number of piperidine rings is 1. The van der Waals surface area contributed by atoms with E-state index in [2.05, 4.69) is 55.8 Å². The minimum Gasteiger partial charge on any atom is -0.305 e. The fraction of sp³-hybridized carbons (Fsp3) is 0.579. The predicted molar refractivity (Wildman–Crippen MR) is 88.7 cm³/mol. The molecule has 1 aliphatic heterocycles. The second-order valence-electron chi connectivity index (χ2n) is 6.70. The smallest absolute Gasteiger partial charge is 0.00799 e. The summed E-state index contributed by atoms with van der Waals surface area (Å²) in [5.74, 6) is 0.758. The zero-order chi connectivity index (χ0) is 14.6. The van der Waals surface area contributed by atoms with Crippen molar-refractivity contribution in [2.75, 3.05) is 20.1 Å². The maximum absolute atomic E-state index is 4.28. The van der Waals surface area contributed by atoms with Crippen molar-refractivity contribution in [2.24, 2.45) is 11.3 Å². The molecule has 1 fully saturated rings. The van der Waals surface area contributed by atoms with E-state index in [1.165, 1.54) is 37.9 Å². The first kappa shape index (κ1) is 15.3. The molecule has 0 spiro atoms. The van der Waals surface area contributed by atoms with E-state index in [1.54, 1.807) is 5.57 Å². The first-order chi connectivity index (χ1) is 9.55. The maximum Gasteiger partial charge on any atom is 0.00799 e. The lowest BCUT2D eigenvalue weighted by Gasteiger charge is -2.47. The molecule has 0 aromatic carbocycles. The van der Waals surface area contributed by atoms with Crippen LogP contribution in [-0.2, 0) is 0 Å². The van der Waals surface area contributed by atoms with Crippen molar-refractivity contribution in [3.8, 4) is 0 Å². The molecule has 0 amide bonds. The van der Waals surface area contributed by atoms with Crippen molar-refractivity contribution >= 4 is 0 Å². The second-order valence-corrected chi connectivity index (χ2v) is 6.70. The monoisotopic (exact) mass is 271 g/mol. The Kier molecular flexibility index (Phi) is 5.04. The zero-order valence-corrected chi connectivity index (χ0v) is 13.4. The molecule has 1 heteroatoms. The lowest BCUT2D eigenvalue weighted by molar-refractivity contribution is 0.140. The lowest BCUT2D eigenvalue weighted by Crippen LogP contribution is -2.44. The second kappa shape index (κ2) is 6.58. The van der Waals surface area contributed by atoms with Crippen LogP contribution in [0.1, 0.15) is 39.5 Å². The van der Waals surface area contributed by atoms with E-state index in [-0.39, 0.29) is 0 Å². The van der Waals surface area contributed by atoms with Gasteiger partial charge in [-0.3, -0.25) is 0 Å². The van der Waals surface area contributed by atoms with Gasteiger partial charge in [-0.15, -0.1) is 0 Å². The highest BCUT2D eigenvalue weighted by Crippen LogP contribution is 2.48. The van der Waals surface area contributed by atoms with Gasteiger partial charge in [0.05, 0.1) is 0 Å². The molecule has 0 bridgehead atoms. The standard InChI is InChI=1S/C19H29N/c1-5-6-7-8-17(3)14-19-11-9-16(2)13-18(19)10-12-20(4)15-19/h5-8,13,16H,3,9-12,14-15H2,1-2,4H3/b6-5-,8-7-/t16?,19-/m0/s1. The van der Waals surface area contributed by atoms with Crippen molar-refractivity contribution < 1.29 is 0 Å². The van der Waals surface area contributed by atoms with Crippen LogP contribution in [0.25, 0.3) is 0 Å². The molecule has 2 atom stereocenters. The Balaban J connectivity index is 2.15. The van der Waals surface area contributed by atoms with Crippen molar-refractivity contribution in [1.82, 2.24) is 4.90 Å². The molecule has 110 valence electrons. The van der Waals surface area contributed by atoms with Crippen molar-refractivity contribution in [2.45, 2.75) is 39.5 Å². The van der Waals surface area contributed by atoms with Crippen molar-refractivity contribution in [3.63, 3.8) is 0 Å². The van der Waals surface area contributed by atoms with Crippen LogP contribution in [0.4, 0.5) is 0 Å². The van der Waals surface area contributed by atoms with Gasteiger partial charge >= 0.3 is 0 Å². The SMILES string of the molecule is C=C(/C=C\C=C/C)C[C@]12CCC(C)C=C1CCN(C)C2. The molecule has 2 aliphatic rings. The molecule has 1 heterocycles. The van der Waals surface area contributed by atoms with Gasteiger partial charge in [-0.2, -0.15) is 0 Å². The molecule has 1 saturated heterocycles. The predicted octanol–water partition coefficient (Wildman–Crippen LogP) is 4.74. The highest BCUT2D eigenvalue weighted by Gasteiger charge is 2.40. The van der Waals surface area contributed by atoms with Crippen molar-refractivity contribution in [1.29, 1.82) is 0 Å². The first-order valence-corrected chi connectivity index (χ1v) is 7.92. The van der Waals surface area contributed by atoms with E-state index in [4.69, 9.17) is 0 Å². The Labute approximate surface area is 124 Å². The Morgan fingerprint density at radius 1 is 1.50 bits per heavy atom. The summed E-state index contributed by atoms with van der Waals surface area (Å²) in [5, 5.41) is 0. The number of hydrogen-bond acceptors (Lipinski definition) is 1. The van der Waals surface area contributed by atoms with E-state index >= 15 is 0 Å². The molecular formula is C19H29N. The number of hydrogen-bond donors (Lipinski definition) is 0. The number of rotatable bonds is 4. The molecule has 1 unspecified atom stereocenters. The summed E-state index contributed by atoms with van der Waals surface area (Å²) in [5.41, 5.74) is 3.32. The Morgan fingerprint density at radius 3 is 3.05 bits per heavy atom. The summed E-state index contributed by atoms with van der Waals surface area (Å²) in [6.07, 6.45) is 16.0. The minimum atomic E-state index is 0.358. The van der Waals surface area contributed by atoms with Crippen LogP contribution < -0.4 is 0 Å². The van der Waals surface area contributed by atoms with Gasteiger partial charge in [0.25, 0.3) is 0 Å². The maximum atomic E-state index is 4.28. The van der Waals surface area contributed by atoms with E-state index in [0.717, 1.165) is 12.3 Å². The first-order valence-electron chi connectivity index (χ1n) is 7.92. The summed E-state index contributed by atoms with van der Waals surface area (Å²) >= 11 is 0. The molecule has 0 radical (unpaired) electrons. The van der Waals surface area contributed by atoms with Crippen LogP contribution in [0.2, 0.25) is 0 Å². The van der Waals surface area contributed by atoms with E-state index in [0.29, 0.717) is 5.41 Å². The van der Waals surface area contributed by atoms with Crippen LogP contribution in [0.15, 0.2) is 48.1 Å². The average Bonchev–Trinajstić information content (AvgIpc) is 2.40. The van der Waals surface area contributed by atoms with Gasteiger partial charge in [0, 0.05) is 18.5 Å². The molecule has 0 saturated carbocycles. The van der Waals surface area contributed by atoms with Gasteiger partial charge in [-0.1, -0.05) is 55.0 Å². The molecular weight excluding hydrogens is 242 g/mol. The summed E-state index contributed by atoms with van der Waals surface area (Å²) in [7, 11) is 2.26. The molecule has 0 aromatic rings. The average molecular weight is 271 g/mol. The topological polar surface area (TPSA) is 3.24 Å². The van der Waals surface area contributed by atoms with Gasteiger partial charge in [0.2, 0.25) is 0 Å². The fourth-order valence-electron chi connectivity index (χ4n) is 3.76. The molecule has 0 aromatic heterocycles. The van der Waals surface area contributed by atoms with Gasteiger partial charge in [0.15, 0.2) is 0 Å². The molecule has 1 nitrogen and oxygen atoms in total. The number of likely N-dealkylation sites (tertiary alicyclic amines) is 1. The van der Waals surface area contributed by atoms with E-state index in [1.807, 2.05) is 6.92 Å². The zero-order valence-electron chi connectivity index (χ0n) is 13.4. The lowest BCUT2D eigenvalue weighted by atomic mass is 9.64. The van der Waals surface area contributed by atoms with Crippen molar-refractivity contribution in [3.05, 3.63) is 48.1 Å². The van der Waals surface area contributed by atoms with Crippen LogP contribution >= 0.6 is 0 Å². The normalized spacial score (nSPS) is 31.6. The Hall–Kier alpha value is -1.08.